The zero-order chi connectivity index (χ0) is 9.80. The fourth-order valence-electron chi connectivity index (χ4n) is 2.63. The largest absolute Gasteiger partial charge is 0.334 e. The highest BCUT2D eigenvalue weighted by molar-refractivity contribution is 5.48. The predicted octanol–water partition coefficient (Wildman–Crippen LogP) is 0.861. The summed E-state index contributed by atoms with van der Waals surface area (Å²) in [5.41, 5.74) is 0. The molecule has 2 heterocycles. The van der Waals surface area contributed by atoms with Crippen LogP contribution in [-0.4, -0.2) is 48.9 Å². The highest BCUT2D eigenvalue weighted by Crippen LogP contribution is 2.18. The summed E-state index contributed by atoms with van der Waals surface area (Å²) in [6.07, 6.45) is 7.19. The first kappa shape index (κ1) is 9.97. The molecule has 0 aliphatic carbocycles. The van der Waals surface area contributed by atoms with Crippen molar-refractivity contribution in [3.8, 4) is 0 Å². The number of rotatable bonds is 3. The average Bonchev–Trinajstić information content (AvgIpc) is 2.71. The maximum Gasteiger partial charge on any atom is 0.312 e. The summed E-state index contributed by atoms with van der Waals surface area (Å²) in [6, 6.07) is 0. The van der Waals surface area contributed by atoms with E-state index in [9.17, 15) is 4.79 Å². The van der Waals surface area contributed by atoms with Crippen molar-refractivity contribution in [3.05, 3.63) is 0 Å². The second-order valence-corrected chi connectivity index (χ2v) is 4.55. The quantitative estimate of drug-likeness (QED) is 0.667. The van der Waals surface area contributed by atoms with E-state index in [-0.39, 0.29) is 0 Å². The third-order valence-corrected chi connectivity index (χ3v) is 3.36. The zero-order valence-electron chi connectivity index (χ0n) is 8.74. The summed E-state index contributed by atoms with van der Waals surface area (Å²) in [7, 11) is 0. The summed E-state index contributed by atoms with van der Waals surface area (Å²) in [6.45, 7) is 5.57. The van der Waals surface area contributed by atoms with E-state index in [1.54, 1.807) is 0 Å². The summed E-state index contributed by atoms with van der Waals surface area (Å²) in [5, 5.41) is 0. The van der Waals surface area contributed by atoms with Gasteiger partial charge in [0.1, 0.15) is 0 Å². The van der Waals surface area contributed by atoms with Crippen LogP contribution in [-0.2, 0) is 4.79 Å². The van der Waals surface area contributed by atoms with Crippen molar-refractivity contribution < 1.29 is 4.79 Å². The molecule has 0 N–H and O–H groups in total. The monoisotopic (exact) mass is 195 g/mol. The van der Waals surface area contributed by atoms with Crippen LogP contribution >= 0.6 is 0 Å². The Hall–Kier alpha value is -0.570. The van der Waals surface area contributed by atoms with Gasteiger partial charge in [-0.2, -0.15) is 0 Å². The van der Waals surface area contributed by atoms with Crippen LogP contribution in [0.3, 0.4) is 0 Å². The Morgan fingerprint density at radius 3 is 2.64 bits per heavy atom. The molecule has 0 saturated carbocycles. The standard InChI is InChI=1S/C11H19N2O/c14-10-13-7-3-4-11(9-13)8-12-5-1-2-6-12/h11H,1-9H2. The summed E-state index contributed by atoms with van der Waals surface area (Å²) in [5.74, 6) is 0.697. The second-order valence-electron chi connectivity index (χ2n) is 4.55. The molecule has 0 aromatic heterocycles. The van der Waals surface area contributed by atoms with Crippen LogP contribution in [0.5, 0.6) is 0 Å². The molecule has 0 bridgehead atoms. The van der Waals surface area contributed by atoms with Gasteiger partial charge in [0.05, 0.1) is 0 Å². The first-order valence-corrected chi connectivity index (χ1v) is 5.73. The molecule has 3 heteroatoms. The number of carbonyl (C=O) groups excluding carboxylic acids is 1. The van der Waals surface area contributed by atoms with Crippen molar-refractivity contribution in [3.63, 3.8) is 0 Å². The van der Waals surface area contributed by atoms with E-state index in [1.165, 1.54) is 38.9 Å². The van der Waals surface area contributed by atoms with E-state index in [0.29, 0.717) is 5.92 Å². The molecular weight excluding hydrogens is 176 g/mol. The maximum absolute atomic E-state index is 10.5. The number of nitrogens with zero attached hydrogens (tertiary/aromatic N) is 2. The first-order chi connectivity index (χ1) is 6.88. The number of hydrogen-bond donors (Lipinski definition) is 0. The Bertz CT molecular complexity index is 190. The van der Waals surface area contributed by atoms with E-state index in [4.69, 9.17) is 0 Å². The summed E-state index contributed by atoms with van der Waals surface area (Å²) in [4.78, 5) is 14.9. The smallest absolute Gasteiger partial charge is 0.312 e. The Morgan fingerprint density at radius 1 is 1.14 bits per heavy atom. The molecule has 2 rings (SSSR count). The van der Waals surface area contributed by atoms with Crippen LogP contribution in [0.15, 0.2) is 0 Å². The second kappa shape index (κ2) is 4.78. The molecule has 1 unspecified atom stereocenters. The minimum Gasteiger partial charge on any atom is -0.334 e. The van der Waals surface area contributed by atoms with Gasteiger partial charge in [-0.05, 0) is 44.7 Å². The molecule has 3 nitrogen and oxygen atoms in total. The lowest BCUT2D eigenvalue weighted by Gasteiger charge is -2.31. The lowest BCUT2D eigenvalue weighted by molar-refractivity contribution is 0.190. The van der Waals surface area contributed by atoms with Crippen LogP contribution in [0.4, 0.5) is 0 Å². The third kappa shape index (κ3) is 2.47. The van der Waals surface area contributed by atoms with Gasteiger partial charge in [0.2, 0.25) is 0 Å². The van der Waals surface area contributed by atoms with E-state index >= 15 is 0 Å². The van der Waals surface area contributed by atoms with Crippen LogP contribution in [0.1, 0.15) is 25.7 Å². The molecule has 1 radical (unpaired) electrons. The van der Waals surface area contributed by atoms with Gasteiger partial charge >= 0.3 is 6.41 Å². The van der Waals surface area contributed by atoms with Crippen LogP contribution < -0.4 is 0 Å². The fraction of sp³-hybridized carbons (Fsp3) is 0.909. The molecule has 2 fully saturated rings. The number of hydrogen-bond acceptors (Lipinski definition) is 2. The number of amides is 1. The Balaban J connectivity index is 1.76. The first-order valence-electron chi connectivity index (χ1n) is 5.73. The minimum absolute atomic E-state index is 0.697. The number of piperidine rings is 1. The highest BCUT2D eigenvalue weighted by atomic mass is 16.1. The number of likely N-dealkylation sites (tertiary alicyclic amines) is 2. The molecule has 2 saturated heterocycles. The van der Waals surface area contributed by atoms with Gasteiger partial charge in [0.15, 0.2) is 0 Å². The molecule has 14 heavy (non-hydrogen) atoms. The molecule has 1 atom stereocenters. The van der Waals surface area contributed by atoms with Crippen molar-refractivity contribution in [2.75, 3.05) is 32.7 Å². The summed E-state index contributed by atoms with van der Waals surface area (Å²) < 4.78 is 0. The Kier molecular flexibility index (Phi) is 3.40. The minimum atomic E-state index is 0.697. The summed E-state index contributed by atoms with van der Waals surface area (Å²) >= 11 is 0. The van der Waals surface area contributed by atoms with Gasteiger partial charge in [0.25, 0.3) is 0 Å². The molecule has 1 amide bonds. The molecular formula is C11H19N2O. The van der Waals surface area contributed by atoms with Gasteiger partial charge in [-0.3, -0.25) is 4.79 Å². The third-order valence-electron chi connectivity index (χ3n) is 3.36. The van der Waals surface area contributed by atoms with E-state index in [1.807, 2.05) is 11.3 Å². The lowest BCUT2D eigenvalue weighted by atomic mass is 9.98. The van der Waals surface area contributed by atoms with Crippen molar-refractivity contribution >= 4 is 6.41 Å². The Labute approximate surface area is 86.1 Å². The van der Waals surface area contributed by atoms with Gasteiger partial charge in [0, 0.05) is 19.6 Å². The van der Waals surface area contributed by atoms with Gasteiger partial charge in [-0.15, -0.1) is 0 Å². The van der Waals surface area contributed by atoms with Crippen LogP contribution in [0, 0.1) is 5.92 Å². The lowest BCUT2D eigenvalue weighted by Crippen LogP contribution is -2.39. The van der Waals surface area contributed by atoms with E-state index < -0.39 is 0 Å². The molecule has 0 aromatic rings. The van der Waals surface area contributed by atoms with Crippen molar-refractivity contribution in [1.29, 1.82) is 0 Å². The zero-order valence-corrected chi connectivity index (χ0v) is 8.74. The van der Waals surface area contributed by atoms with Gasteiger partial charge < -0.3 is 9.80 Å². The van der Waals surface area contributed by atoms with Gasteiger partial charge in [-0.1, -0.05) is 0 Å². The van der Waals surface area contributed by atoms with E-state index in [2.05, 4.69) is 4.90 Å². The molecule has 0 spiro atoms. The van der Waals surface area contributed by atoms with Crippen LogP contribution in [0.2, 0.25) is 0 Å². The van der Waals surface area contributed by atoms with Gasteiger partial charge in [-0.25, -0.2) is 0 Å². The molecule has 2 aliphatic heterocycles. The average molecular weight is 195 g/mol. The Morgan fingerprint density at radius 2 is 1.93 bits per heavy atom. The molecule has 2 aliphatic rings. The molecule has 79 valence electrons. The topological polar surface area (TPSA) is 23.6 Å². The molecule has 0 aromatic carbocycles. The highest BCUT2D eigenvalue weighted by Gasteiger charge is 2.22. The van der Waals surface area contributed by atoms with Crippen LogP contribution in [0.25, 0.3) is 0 Å². The predicted molar refractivity (Wildman–Crippen MR) is 55.7 cm³/mol. The maximum atomic E-state index is 10.5. The van der Waals surface area contributed by atoms with E-state index in [0.717, 1.165) is 19.5 Å². The van der Waals surface area contributed by atoms with Crippen molar-refractivity contribution in [2.45, 2.75) is 25.7 Å². The van der Waals surface area contributed by atoms with Crippen molar-refractivity contribution in [1.82, 2.24) is 9.80 Å². The fourth-order valence-corrected chi connectivity index (χ4v) is 2.63. The normalized spacial score (nSPS) is 29.4. The SMILES string of the molecule is O=[C]N1CCCC(CN2CCCC2)C1. The van der Waals surface area contributed by atoms with Crippen molar-refractivity contribution in [2.24, 2.45) is 5.92 Å².